The van der Waals surface area contributed by atoms with Crippen LogP contribution in [0.2, 0.25) is 0 Å². The number of esters is 1. The zero-order chi connectivity index (χ0) is 31.9. The van der Waals surface area contributed by atoms with E-state index in [0.717, 1.165) is 39.3 Å². The fourth-order valence-electron chi connectivity index (χ4n) is 6.01. The van der Waals surface area contributed by atoms with Crippen LogP contribution in [0, 0.1) is 0 Å². The molecule has 0 radical (unpaired) electrons. The predicted molar refractivity (Wildman–Crippen MR) is 181 cm³/mol. The Morgan fingerprint density at radius 1 is 0.826 bits per heavy atom. The molecule has 232 valence electrons. The van der Waals surface area contributed by atoms with Crippen LogP contribution in [-0.2, 0) is 28.2 Å². The molecule has 5 aromatic carbocycles. The second-order valence-corrected chi connectivity index (χ2v) is 11.2. The molecule has 0 aliphatic carbocycles. The number of rotatable bonds is 11. The van der Waals surface area contributed by atoms with Crippen LogP contribution in [0.3, 0.4) is 0 Å². The number of anilines is 1. The Labute approximate surface area is 269 Å². The summed E-state index contributed by atoms with van der Waals surface area (Å²) in [4.78, 5) is 22.0. The Bertz CT molecular complexity index is 1770. The molecule has 0 amide bonds. The molecule has 1 aliphatic rings. The van der Waals surface area contributed by atoms with Gasteiger partial charge < -0.3 is 24.8 Å². The Hall–Kier alpha value is -5.56. The number of ether oxygens (including phenoxy) is 2. The SMILES string of the molecule is CCOC(=O)[C@]1(c2ccccc2)N=C(c2ccc(OC)cc2)N(Cc2ccccc2)[C@@H]1c1ccc(NCc2ccc(O)cc2)cc1. The van der Waals surface area contributed by atoms with Gasteiger partial charge in [0.25, 0.3) is 0 Å². The van der Waals surface area contributed by atoms with E-state index in [0.29, 0.717) is 18.9 Å². The van der Waals surface area contributed by atoms with E-state index >= 15 is 0 Å². The first-order valence-electron chi connectivity index (χ1n) is 15.4. The topological polar surface area (TPSA) is 83.4 Å². The normalized spacial score (nSPS) is 17.3. The highest BCUT2D eigenvalue weighted by molar-refractivity contribution is 6.04. The fourth-order valence-corrected chi connectivity index (χ4v) is 6.01. The van der Waals surface area contributed by atoms with Gasteiger partial charge in [-0.25, -0.2) is 9.79 Å². The van der Waals surface area contributed by atoms with Gasteiger partial charge in [-0.05, 0) is 77.7 Å². The number of hydrogen-bond donors (Lipinski definition) is 2. The summed E-state index contributed by atoms with van der Waals surface area (Å²) in [6.45, 7) is 3.17. The largest absolute Gasteiger partial charge is 0.508 e. The van der Waals surface area contributed by atoms with Gasteiger partial charge in [-0.15, -0.1) is 0 Å². The van der Waals surface area contributed by atoms with Crippen LogP contribution in [0.5, 0.6) is 11.5 Å². The maximum Gasteiger partial charge on any atom is 0.341 e. The minimum atomic E-state index is -1.37. The number of nitrogens with one attached hydrogen (secondary N) is 1. The van der Waals surface area contributed by atoms with Crippen LogP contribution in [0.25, 0.3) is 0 Å². The zero-order valence-corrected chi connectivity index (χ0v) is 26.0. The first-order chi connectivity index (χ1) is 22.5. The summed E-state index contributed by atoms with van der Waals surface area (Å²) >= 11 is 0. The highest BCUT2D eigenvalue weighted by Gasteiger charge is 2.57. The van der Waals surface area contributed by atoms with Crippen LogP contribution in [0.4, 0.5) is 5.69 Å². The standard InChI is InChI=1S/C39H37N3O4/c1-3-46-38(44)39(32-12-8-5-9-13-32)36(30-16-20-33(21-17-30)40-26-28-14-22-34(43)23-15-28)42(27-29-10-6-4-7-11-29)37(41-39)31-18-24-35(45-2)25-19-31/h4-25,36,40,43H,3,26-27H2,1-2H3/t36-,39-/m1/s1. The number of phenolic OH excluding ortho intramolecular Hbond substituents is 1. The van der Waals surface area contributed by atoms with E-state index in [1.165, 1.54) is 0 Å². The van der Waals surface area contributed by atoms with E-state index < -0.39 is 17.6 Å². The van der Waals surface area contributed by atoms with Crippen molar-refractivity contribution in [3.8, 4) is 11.5 Å². The number of phenols is 1. The van der Waals surface area contributed by atoms with Crippen LogP contribution in [-0.4, -0.2) is 35.5 Å². The first-order valence-corrected chi connectivity index (χ1v) is 15.4. The second-order valence-electron chi connectivity index (χ2n) is 11.2. The average molecular weight is 612 g/mol. The maximum atomic E-state index is 14.4. The number of methoxy groups -OCH3 is 1. The molecule has 6 rings (SSSR count). The number of carbonyl (C=O) groups excluding carboxylic acids is 1. The van der Waals surface area contributed by atoms with E-state index in [1.54, 1.807) is 19.2 Å². The third-order valence-electron chi connectivity index (χ3n) is 8.27. The van der Waals surface area contributed by atoms with Crippen LogP contribution >= 0.6 is 0 Å². The Balaban J connectivity index is 1.48. The van der Waals surface area contributed by atoms with Crippen LogP contribution in [0.15, 0.2) is 138 Å². The number of aliphatic imine (C=N–C) groups is 1. The van der Waals surface area contributed by atoms with Crippen molar-refractivity contribution in [1.82, 2.24) is 4.90 Å². The van der Waals surface area contributed by atoms with Gasteiger partial charge in [0.2, 0.25) is 5.54 Å². The molecule has 1 aliphatic heterocycles. The molecular formula is C39H37N3O4. The smallest absolute Gasteiger partial charge is 0.341 e. The Morgan fingerprint density at radius 3 is 2.11 bits per heavy atom. The van der Waals surface area contributed by atoms with Gasteiger partial charge >= 0.3 is 5.97 Å². The summed E-state index contributed by atoms with van der Waals surface area (Å²) in [7, 11) is 1.64. The summed E-state index contributed by atoms with van der Waals surface area (Å²) in [6, 6.07) is 42.5. The molecule has 0 unspecified atom stereocenters. The van der Waals surface area contributed by atoms with Gasteiger partial charge in [0, 0.05) is 24.3 Å². The average Bonchev–Trinajstić information content (AvgIpc) is 3.45. The van der Waals surface area contributed by atoms with Gasteiger partial charge in [-0.3, -0.25) is 0 Å². The van der Waals surface area contributed by atoms with Gasteiger partial charge in [0.05, 0.1) is 19.8 Å². The molecule has 46 heavy (non-hydrogen) atoms. The number of amidine groups is 1. The van der Waals surface area contributed by atoms with Crippen LogP contribution < -0.4 is 10.1 Å². The first kappa shape index (κ1) is 30.5. The summed E-state index contributed by atoms with van der Waals surface area (Å²) in [5, 5.41) is 13.1. The molecule has 7 nitrogen and oxygen atoms in total. The van der Waals surface area contributed by atoms with Gasteiger partial charge in [0.1, 0.15) is 17.3 Å². The summed E-state index contributed by atoms with van der Waals surface area (Å²) in [5.41, 5.74) is 4.26. The zero-order valence-electron chi connectivity index (χ0n) is 26.0. The molecule has 0 aromatic heterocycles. The number of nitrogens with zero attached hydrogens (tertiary/aromatic N) is 2. The number of hydrogen-bond acceptors (Lipinski definition) is 7. The fraction of sp³-hybridized carbons (Fsp3) is 0.179. The third-order valence-corrected chi connectivity index (χ3v) is 8.27. The van der Waals surface area contributed by atoms with Crippen molar-refractivity contribution in [1.29, 1.82) is 0 Å². The summed E-state index contributed by atoms with van der Waals surface area (Å²) in [6.07, 6.45) is 0. The highest BCUT2D eigenvalue weighted by Crippen LogP contribution is 2.50. The quantitative estimate of drug-likeness (QED) is 0.151. The summed E-state index contributed by atoms with van der Waals surface area (Å²) in [5.74, 6) is 1.28. The highest BCUT2D eigenvalue weighted by atomic mass is 16.5. The molecular weight excluding hydrogens is 574 g/mol. The van der Waals surface area contributed by atoms with E-state index in [4.69, 9.17) is 14.5 Å². The molecule has 5 aromatic rings. The number of benzene rings is 5. The van der Waals surface area contributed by atoms with E-state index in [-0.39, 0.29) is 12.4 Å². The van der Waals surface area contributed by atoms with Crippen molar-refractivity contribution >= 4 is 17.5 Å². The van der Waals surface area contributed by atoms with Crippen molar-refractivity contribution in [2.24, 2.45) is 4.99 Å². The minimum Gasteiger partial charge on any atom is -0.508 e. The van der Waals surface area contributed by atoms with Gasteiger partial charge in [0.15, 0.2) is 0 Å². The lowest BCUT2D eigenvalue weighted by atomic mass is 9.79. The molecule has 0 bridgehead atoms. The van der Waals surface area contributed by atoms with Crippen molar-refractivity contribution in [2.75, 3.05) is 19.0 Å². The van der Waals surface area contributed by atoms with E-state index in [2.05, 4.69) is 34.5 Å². The molecule has 0 saturated heterocycles. The van der Waals surface area contributed by atoms with Crippen molar-refractivity contribution in [3.63, 3.8) is 0 Å². The monoisotopic (exact) mass is 611 g/mol. The molecule has 0 spiro atoms. The van der Waals surface area contributed by atoms with E-state index in [9.17, 15) is 9.90 Å². The lowest BCUT2D eigenvalue weighted by Gasteiger charge is -2.37. The molecule has 0 fully saturated rings. The van der Waals surface area contributed by atoms with E-state index in [1.807, 2.05) is 104 Å². The number of carbonyl (C=O) groups is 1. The Kier molecular flexibility index (Phi) is 9.01. The lowest BCUT2D eigenvalue weighted by molar-refractivity contribution is -0.151. The van der Waals surface area contributed by atoms with Crippen molar-refractivity contribution in [3.05, 3.63) is 161 Å². The third kappa shape index (κ3) is 6.17. The Morgan fingerprint density at radius 2 is 1.48 bits per heavy atom. The maximum absolute atomic E-state index is 14.4. The predicted octanol–water partition coefficient (Wildman–Crippen LogP) is 7.48. The number of aromatic hydroxyl groups is 1. The lowest BCUT2D eigenvalue weighted by Crippen LogP contribution is -2.44. The minimum absolute atomic E-state index is 0.229. The summed E-state index contributed by atoms with van der Waals surface area (Å²) < 4.78 is 11.3. The molecule has 2 N–H and O–H groups in total. The molecule has 1 heterocycles. The van der Waals surface area contributed by atoms with Crippen molar-refractivity contribution < 1.29 is 19.4 Å². The van der Waals surface area contributed by atoms with Gasteiger partial charge in [-0.2, -0.15) is 0 Å². The second kappa shape index (κ2) is 13.6. The van der Waals surface area contributed by atoms with Gasteiger partial charge in [-0.1, -0.05) is 84.9 Å². The molecule has 0 saturated carbocycles. The van der Waals surface area contributed by atoms with Crippen LogP contribution in [0.1, 0.15) is 40.8 Å². The van der Waals surface area contributed by atoms with Crippen molar-refractivity contribution in [2.45, 2.75) is 31.6 Å². The molecule has 7 heteroatoms. The molecule has 2 atom stereocenters.